The number of rotatable bonds is 5. The number of anilines is 3. The standard InChI is InChI=1S/C23H25Br2FN6S/c1-32(2)21-16-5-3-4-6-19(16)29-22(31-21)27-14-7-9-15(10-8-14)28-23(33)30-20-17(25)11-13(24)12-18(20)26/h3-6,11-12,14-15H,7-10H2,1-2H3,(H,27,29,31)(H2,28,30,33)/t14-,15+. The van der Waals surface area contributed by atoms with Crippen molar-refractivity contribution in [2.45, 2.75) is 37.8 Å². The van der Waals surface area contributed by atoms with Crippen molar-refractivity contribution in [3.05, 3.63) is 51.2 Å². The Morgan fingerprint density at radius 3 is 2.45 bits per heavy atom. The van der Waals surface area contributed by atoms with Gasteiger partial charge in [-0.2, -0.15) is 4.98 Å². The van der Waals surface area contributed by atoms with Gasteiger partial charge in [-0.15, -0.1) is 0 Å². The molecule has 0 unspecified atom stereocenters. The molecule has 3 N–H and O–H groups in total. The van der Waals surface area contributed by atoms with Crippen LogP contribution in [0.15, 0.2) is 45.3 Å². The van der Waals surface area contributed by atoms with E-state index in [1.165, 1.54) is 6.07 Å². The van der Waals surface area contributed by atoms with Gasteiger partial charge in [0.1, 0.15) is 11.6 Å². The fraction of sp³-hybridized carbons (Fsp3) is 0.348. The van der Waals surface area contributed by atoms with E-state index in [2.05, 4.69) is 47.8 Å². The number of fused-ring (bicyclic) bond motifs is 1. The third-order valence-electron chi connectivity index (χ3n) is 5.65. The van der Waals surface area contributed by atoms with Gasteiger partial charge in [0.05, 0.1) is 11.2 Å². The Morgan fingerprint density at radius 2 is 1.76 bits per heavy atom. The summed E-state index contributed by atoms with van der Waals surface area (Å²) < 4.78 is 15.5. The molecule has 3 aromatic rings. The minimum absolute atomic E-state index is 0.232. The van der Waals surface area contributed by atoms with E-state index in [0.717, 1.165) is 42.4 Å². The molecule has 1 aliphatic carbocycles. The van der Waals surface area contributed by atoms with Gasteiger partial charge in [-0.05, 0) is 78.1 Å². The molecular formula is C23H25Br2FN6S. The van der Waals surface area contributed by atoms with E-state index in [1.54, 1.807) is 6.07 Å². The fourth-order valence-corrected chi connectivity index (χ4v) is 5.57. The van der Waals surface area contributed by atoms with E-state index in [4.69, 9.17) is 22.2 Å². The molecule has 6 nitrogen and oxygen atoms in total. The van der Waals surface area contributed by atoms with E-state index in [0.29, 0.717) is 31.7 Å². The monoisotopic (exact) mass is 594 g/mol. The zero-order valence-electron chi connectivity index (χ0n) is 18.3. The zero-order valence-corrected chi connectivity index (χ0v) is 22.3. The van der Waals surface area contributed by atoms with Gasteiger partial charge in [0.15, 0.2) is 5.11 Å². The predicted octanol–water partition coefficient (Wildman–Crippen LogP) is 6.07. The predicted molar refractivity (Wildman–Crippen MR) is 145 cm³/mol. The van der Waals surface area contributed by atoms with E-state index >= 15 is 0 Å². The summed E-state index contributed by atoms with van der Waals surface area (Å²) in [5.41, 5.74) is 1.26. The Balaban J connectivity index is 1.34. The first kappa shape index (κ1) is 24.1. The van der Waals surface area contributed by atoms with E-state index in [1.807, 2.05) is 43.3 Å². The number of nitrogens with zero attached hydrogens (tertiary/aromatic N) is 3. The Hall–Kier alpha value is -2.04. The molecule has 33 heavy (non-hydrogen) atoms. The lowest BCUT2D eigenvalue weighted by molar-refractivity contribution is 0.387. The van der Waals surface area contributed by atoms with Gasteiger partial charge in [0.25, 0.3) is 0 Å². The van der Waals surface area contributed by atoms with E-state index in [9.17, 15) is 4.39 Å². The first-order valence-corrected chi connectivity index (χ1v) is 12.7. The highest BCUT2D eigenvalue weighted by Gasteiger charge is 2.23. The number of para-hydroxylation sites is 1. The Kier molecular flexibility index (Phi) is 7.65. The second-order valence-corrected chi connectivity index (χ2v) is 10.5. The molecule has 1 aliphatic rings. The normalized spacial score (nSPS) is 18.1. The molecule has 1 aromatic heterocycles. The highest BCUT2D eigenvalue weighted by atomic mass is 79.9. The first-order valence-electron chi connectivity index (χ1n) is 10.7. The summed E-state index contributed by atoms with van der Waals surface area (Å²) in [4.78, 5) is 11.5. The molecule has 10 heteroatoms. The first-order chi connectivity index (χ1) is 15.8. The Labute approximate surface area is 215 Å². The van der Waals surface area contributed by atoms with Crippen LogP contribution in [-0.4, -0.2) is 41.3 Å². The van der Waals surface area contributed by atoms with Crippen LogP contribution >= 0.6 is 44.1 Å². The maximum atomic E-state index is 14.3. The quantitative estimate of drug-likeness (QED) is 0.309. The van der Waals surface area contributed by atoms with Crippen LogP contribution in [0.25, 0.3) is 10.9 Å². The summed E-state index contributed by atoms with van der Waals surface area (Å²) in [5.74, 6) is 1.18. The third kappa shape index (κ3) is 5.91. The topological polar surface area (TPSA) is 65.1 Å². The molecule has 4 rings (SSSR count). The lowest BCUT2D eigenvalue weighted by Gasteiger charge is -2.30. The number of hydrogen-bond acceptors (Lipinski definition) is 5. The van der Waals surface area contributed by atoms with Crippen molar-refractivity contribution in [2.75, 3.05) is 29.6 Å². The minimum atomic E-state index is -0.374. The van der Waals surface area contributed by atoms with Crippen LogP contribution < -0.4 is 20.9 Å². The molecule has 1 saturated carbocycles. The number of hydrogen-bond donors (Lipinski definition) is 3. The van der Waals surface area contributed by atoms with Crippen molar-refractivity contribution >= 4 is 77.5 Å². The molecule has 0 bridgehead atoms. The van der Waals surface area contributed by atoms with Crippen molar-refractivity contribution in [3.8, 4) is 0 Å². The summed E-state index contributed by atoms with van der Waals surface area (Å²) in [6.45, 7) is 0. The van der Waals surface area contributed by atoms with E-state index in [-0.39, 0.29) is 11.9 Å². The molecule has 0 radical (unpaired) electrons. The van der Waals surface area contributed by atoms with Gasteiger partial charge in [0.2, 0.25) is 5.95 Å². The highest BCUT2D eigenvalue weighted by Crippen LogP contribution is 2.30. The van der Waals surface area contributed by atoms with Gasteiger partial charge >= 0.3 is 0 Å². The van der Waals surface area contributed by atoms with Crippen molar-refractivity contribution in [1.82, 2.24) is 15.3 Å². The molecule has 0 spiro atoms. The van der Waals surface area contributed by atoms with Crippen LogP contribution in [0.4, 0.5) is 21.8 Å². The van der Waals surface area contributed by atoms with Crippen LogP contribution in [0, 0.1) is 5.82 Å². The van der Waals surface area contributed by atoms with Crippen LogP contribution in [0.5, 0.6) is 0 Å². The summed E-state index contributed by atoms with van der Waals surface area (Å²) >= 11 is 12.1. The molecule has 0 saturated heterocycles. The van der Waals surface area contributed by atoms with Crippen LogP contribution in [0.2, 0.25) is 0 Å². The molecule has 0 atom stereocenters. The number of nitrogens with one attached hydrogen (secondary N) is 3. The molecule has 174 valence electrons. The number of aromatic nitrogens is 2. The number of thiocarbonyl (C=S) groups is 1. The van der Waals surface area contributed by atoms with Gasteiger partial charge in [0, 0.05) is 40.5 Å². The minimum Gasteiger partial charge on any atom is -0.362 e. The van der Waals surface area contributed by atoms with Gasteiger partial charge < -0.3 is 20.9 Å². The van der Waals surface area contributed by atoms with Crippen molar-refractivity contribution in [2.24, 2.45) is 0 Å². The molecule has 1 fully saturated rings. The molecular weight excluding hydrogens is 571 g/mol. The summed E-state index contributed by atoms with van der Waals surface area (Å²) in [6, 6.07) is 11.8. The van der Waals surface area contributed by atoms with E-state index < -0.39 is 0 Å². The maximum absolute atomic E-state index is 14.3. The maximum Gasteiger partial charge on any atom is 0.225 e. The van der Waals surface area contributed by atoms with Crippen LogP contribution in [0.1, 0.15) is 25.7 Å². The summed E-state index contributed by atoms with van der Waals surface area (Å²) in [7, 11) is 3.98. The summed E-state index contributed by atoms with van der Waals surface area (Å²) in [5, 5.41) is 11.3. The van der Waals surface area contributed by atoms with Crippen molar-refractivity contribution in [3.63, 3.8) is 0 Å². The van der Waals surface area contributed by atoms with Crippen molar-refractivity contribution in [1.29, 1.82) is 0 Å². The third-order valence-corrected chi connectivity index (χ3v) is 6.95. The molecule has 2 aromatic carbocycles. The largest absolute Gasteiger partial charge is 0.362 e. The second-order valence-electron chi connectivity index (χ2n) is 8.32. The Morgan fingerprint density at radius 1 is 1.06 bits per heavy atom. The summed E-state index contributed by atoms with van der Waals surface area (Å²) in [6.07, 6.45) is 3.81. The van der Waals surface area contributed by atoms with Gasteiger partial charge in [-0.1, -0.05) is 28.1 Å². The van der Waals surface area contributed by atoms with Crippen molar-refractivity contribution < 1.29 is 4.39 Å². The van der Waals surface area contributed by atoms with Crippen LogP contribution in [-0.2, 0) is 0 Å². The van der Waals surface area contributed by atoms with Gasteiger partial charge in [-0.25, -0.2) is 9.37 Å². The van der Waals surface area contributed by atoms with Crippen LogP contribution in [0.3, 0.4) is 0 Å². The Bertz CT molecular complexity index is 1140. The zero-order chi connectivity index (χ0) is 23.5. The smallest absolute Gasteiger partial charge is 0.225 e. The lowest BCUT2D eigenvalue weighted by Crippen LogP contribution is -2.42. The average Bonchev–Trinajstić information content (AvgIpc) is 2.77. The fourth-order valence-electron chi connectivity index (χ4n) is 4.03. The van der Waals surface area contributed by atoms with Gasteiger partial charge in [-0.3, -0.25) is 0 Å². The SMILES string of the molecule is CN(C)c1nc(N[C@H]2CC[C@@H](NC(=S)Nc3c(F)cc(Br)cc3Br)CC2)nc2ccccc12. The molecule has 0 aliphatic heterocycles. The number of halogens is 3. The number of benzene rings is 2. The second kappa shape index (κ2) is 10.5. The highest BCUT2D eigenvalue weighted by molar-refractivity contribution is 9.11. The molecule has 1 heterocycles. The average molecular weight is 596 g/mol. The molecule has 0 amide bonds. The lowest BCUT2D eigenvalue weighted by atomic mass is 9.91.